The summed E-state index contributed by atoms with van der Waals surface area (Å²) < 4.78 is 5.38. The molecule has 100 valence electrons. The molecule has 2 rings (SSSR count). The molecule has 0 saturated heterocycles. The van der Waals surface area contributed by atoms with E-state index in [2.05, 4.69) is 12.2 Å². The van der Waals surface area contributed by atoms with Gasteiger partial charge >= 0.3 is 0 Å². The van der Waals surface area contributed by atoms with Crippen molar-refractivity contribution in [3.63, 3.8) is 0 Å². The van der Waals surface area contributed by atoms with Gasteiger partial charge in [0.2, 0.25) is 0 Å². The van der Waals surface area contributed by atoms with Crippen LogP contribution in [0, 0.1) is 5.41 Å². The maximum Gasteiger partial charge on any atom is 0.161 e. The standard InChI is InChI=1S/C15H23NO2/c1-3-15(7-8-15)11-16-10-12-5-6-13(17)14(9-12)18-4-2/h5-6,9,16-17H,3-4,7-8,10-11H2,1-2H3. The number of phenolic OH excluding ortho intramolecular Hbond substituents is 1. The fourth-order valence-electron chi connectivity index (χ4n) is 2.24. The summed E-state index contributed by atoms with van der Waals surface area (Å²) in [6.45, 7) is 6.69. The molecule has 3 nitrogen and oxygen atoms in total. The molecule has 0 spiro atoms. The van der Waals surface area contributed by atoms with Crippen LogP contribution >= 0.6 is 0 Å². The largest absolute Gasteiger partial charge is 0.504 e. The van der Waals surface area contributed by atoms with Gasteiger partial charge in [-0.1, -0.05) is 13.0 Å². The lowest BCUT2D eigenvalue weighted by molar-refractivity contribution is 0.317. The van der Waals surface area contributed by atoms with E-state index in [1.54, 1.807) is 6.07 Å². The molecule has 0 atom stereocenters. The molecule has 0 amide bonds. The molecular weight excluding hydrogens is 226 g/mol. The van der Waals surface area contributed by atoms with Gasteiger partial charge in [-0.05, 0) is 49.3 Å². The zero-order valence-corrected chi connectivity index (χ0v) is 11.3. The minimum Gasteiger partial charge on any atom is -0.504 e. The lowest BCUT2D eigenvalue weighted by atomic mass is 10.0. The summed E-state index contributed by atoms with van der Waals surface area (Å²) in [5.41, 5.74) is 1.72. The third kappa shape index (κ3) is 3.16. The van der Waals surface area contributed by atoms with Crippen LogP contribution in [0.5, 0.6) is 11.5 Å². The maximum absolute atomic E-state index is 9.62. The zero-order valence-electron chi connectivity index (χ0n) is 11.3. The first-order valence-electron chi connectivity index (χ1n) is 6.84. The van der Waals surface area contributed by atoms with Crippen LogP contribution in [0.1, 0.15) is 38.7 Å². The van der Waals surface area contributed by atoms with Crippen LogP contribution in [-0.2, 0) is 6.54 Å². The van der Waals surface area contributed by atoms with Crippen molar-refractivity contribution in [3.05, 3.63) is 23.8 Å². The minimum absolute atomic E-state index is 0.216. The average Bonchev–Trinajstić information content (AvgIpc) is 3.14. The van der Waals surface area contributed by atoms with Crippen LogP contribution in [0.15, 0.2) is 18.2 Å². The predicted octanol–water partition coefficient (Wildman–Crippen LogP) is 3.07. The van der Waals surface area contributed by atoms with Crippen LogP contribution < -0.4 is 10.1 Å². The van der Waals surface area contributed by atoms with Gasteiger partial charge in [0.25, 0.3) is 0 Å². The van der Waals surface area contributed by atoms with Gasteiger partial charge in [0, 0.05) is 13.1 Å². The molecule has 1 aliphatic rings. The summed E-state index contributed by atoms with van der Waals surface area (Å²) >= 11 is 0. The lowest BCUT2D eigenvalue weighted by Gasteiger charge is -2.14. The van der Waals surface area contributed by atoms with Gasteiger partial charge in [0.1, 0.15) is 0 Å². The van der Waals surface area contributed by atoms with Crippen molar-refractivity contribution >= 4 is 0 Å². The van der Waals surface area contributed by atoms with Crippen LogP contribution in [-0.4, -0.2) is 18.3 Å². The zero-order chi connectivity index (χ0) is 13.0. The molecule has 0 unspecified atom stereocenters. The fourth-order valence-corrected chi connectivity index (χ4v) is 2.24. The molecule has 1 aromatic carbocycles. The number of phenols is 1. The van der Waals surface area contributed by atoms with E-state index in [9.17, 15) is 5.11 Å². The second-order valence-corrected chi connectivity index (χ2v) is 5.19. The van der Waals surface area contributed by atoms with E-state index in [0.717, 1.165) is 18.7 Å². The van der Waals surface area contributed by atoms with E-state index in [0.29, 0.717) is 17.8 Å². The van der Waals surface area contributed by atoms with Crippen LogP contribution in [0.3, 0.4) is 0 Å². The predicted molar refractivity (Wildman–Crippen MR) is 72.9 cm³/mol. The smallest absolute Gasteiger partial charge is 0.161 e. The highest BCUT2D eigenvalue weighted by atomic mass is 16.5. The Morgan fingerprint density at radius 2 is 2.11 bits per heavy atom. The Labute approximate surface area is 109 Å². The number of aromatic hydroxyl groups is 1. The third-order valence-electron chi connectivity index (χ3n) is 3.86. The normalized spacial score (nSPS) is 16.6. The van der Waals surface area contributed by atoms with E-state index in [1.807, 2.05) is 19.1 Å². The van der Waals surface area contributed by atoms with Gasteiger partial charge in [-0.15, -0.1) is 0 Å². The maximum atomic E-state index is 9.62. The molecule has 0 heterocycles. The van der Waals surface area contributed by atoms with Crippen molar-refractivity contribution < 1.29 is 9.84 Å². The number of hydrogen-bond acceptors (Lipinski definition) is 3. The van der Waals surface area contributed by atoms with Gasteiger partial charge in [-0.25, -0.2) is 0 Å². The van der Waals surface area contributed by atoms with E-state index in [4.69, 9.17) is 4.74 Å². The summed E-state index contributed by atoms with van der Waals surface area (Å²) in [4.78, 5) is 0. The summed E-state index contributed by atoms with van der Waals surface area (Å²) in [7, 11) is 0. The Hall–Kier alpha value is -1.22. The Bertz CT molecular complexity index is 399. The van der Waals surface area contributed by atoms with Gasteiger partial charge in [-0.3, -0.25) is 0 Å². The Balaban J connectivity index is 1.87. The van der Waals surface area contributed by atoms with Gasteiger partial charge < -0.3 is 15.2 Å². The highest BCUT2D eigenvalue weighted by Gasteiger charge is 2.39. The van der Waals surface area contributed by atoms with Crippen molar-refractivity contribution in [1.29, 1.82) is 0 Å². The second kappa shape index (κ2) is 5.61. The molecule has 0 aliphatic heterocycles. The first-order valence-corrected chi connectivity index (χ1v) is 6.84. The SMILES string of the molecule is CCOc1cc(CNCC2(CC)CC2)ccc1O. The molecule has 0 radical (unpaired) electrons. The topological polar surface area (TPSA) is 41.5 Å². The van der Waals surface area contributed by atoms with Crippen LogP contribution in [0.2, 0.25) is 0 Å². The van der Waals surface area contributed by atoms with Gasteiger partial charge in [0.15, 0.2) is 11.5 Å². The number of ether oxygens (including phenoxy) is 1. The van der Waals surface area contributed by atoms with E-state index in [-0.39, 0.29) is 5.75 Å². The van der Waals surface area contributed by atoms with E-state index in [1.165, 1.54) is 19.3 Å². The average molecular weight is 249 g/mol. The summed E-state index contributed by atoms with van der Waals surface area (Å²) in [6.07, 6.45) is 3.98. The van der Waals surface area contributed by atoms with Crippen molar-refractivity contribution in [2.24, 2.45) is 5.41 Å². The third-order valence-corrected chi connectivity index (χ3v) is 3.86. The first kappa shape index (κ1) is 13.2. The lowest BCUT2D eigenvalue weighted by Crippen LogP contribution is -2.23. The second-order valence-electron chi connectivity index (χ2n) is 5.19. The monoisotopic (exact) mass is 249 g/mol. The highest BCUT2D eigenvalue weighted by molar-refractivity contribution is 5.41. The van der Waals surface area contributed by atoms with Crippen molar-refractivity contribution in [1.82, 2.24) is 5.32 Å². The Morgan fingerprint density at radius 1 is 1.33 bits per heavy atom. The molecule has 0 aromatic heterocycles. The van der Waals surface area contributed by atoms with Crippen LogP contribution in [0.25, 0.3) is 0 Å². The number of hydrogen-bond donors (Lipinski definition) is 2. The summed E-state index contributed by atoms with van der Waals surface area (Å²) in [5.74, 6) is 0.793. The first-order chi connectivity index (χ1) is 8.69. The van der Waals surface area contributed by atoms with Crippen molar-refractivity contribution in [2.45, 2.75) is 39.7 Å². The molecule has 1 aliphatic carbocycles. The highest BCUT2D eigenvalue weighted by Crippen LogP contribution is 2.47. The molecule has 1 saturated carbocycles. The van der Waals surface area contributed by atoms with Crippen molar-refractivity contribution in [3.8, 4) is 11.5 Å². The molecule has 18 heavy (non-hydrogen) atoms. The number of rotatable bonds is 7. The molecular formula is C15H23NO2. The van der Waals surface area contributed by atoms with E-state index < -0.39 is 0 Å². The Morgan fingerprint density at radius 3 is 2.72 bits per heavy atom. The molecule has 0 bridgehead atoms. The van der Waals surface area contributed by atoms with Crippen LogP contribution in [0.4, 0.5) is 0 Å². The number of nitrogens with one attached hydrogen (secondary N) is 1. The fraction of sp³-hybridized carbons (Fsp3) is 0.600. The molecule has 2 N–H and O–H groups in total. The summed E-state index contributed by atoms with van der Waals surface area (Å²) in [6, 6.07) is 5.56. The van der Waals surface area contributed by atoms with Gasteiger partial charge in [-0.2, -0.15) is 0 Å². The van der Waals surface area contributed by atoms with Crippen molar-refractivity contribution in [2.75, 3.05) is 13.2 Å². The Kier molecular flexibility index (Phi) is 4.12. The summed E-state index contributed by atoms with van der Waals surface area (Å²) in [5, 5.41) is 13.1. The molecule has 1 aromatic rings. The number of benzene rings is 1. The minimum atomic E-state index is 0.216. The molecule has 3 heteroatoms. The molecule has 1 fully saturated rings. The quantitative estimate of drug-likeness (QED) is 0.780. The van der Waals surface area contributed by atoms with E-state index >= 15 is 0 Å². The van der Waals surface area contributed by atoms with Gasteiger partial charge in [0.05, 0.1) is 6.61 Å².